The lowest BCUT2D eigenvalue weighted by atomic mass is 10.2. The summed E-state index contributed by atoms with van der Waals surface area (Å²) in [6.07, 6.45) is 0. The minimum Gasteiger partial charge on any atom is -0.483 e. The maximum atomic E-state index is 11.5. The number of carbonyl (C=O) groups excluding carboxylic acids is 1. The molecule has 6 heteroatoms. The molecule has 1 aliphatic heterocycles. The summed E-state index contributed by atoms with van der Waals surface area (Å²) in [6, 6.07) is 5.26. The molecule has 1 amide bonds. The molecule has 0 aliphatic carbocycles. The Labute approximate surface area is 112 Å². The average Bonchev–Trinajstić information content (AvgIpc) is 2.22. The fraction of sp³-hybridized carbons (Fsp3) is 0.364. The van der Waals surface area contributed by atoms with Gasteiger partial charge in [0.2, 0.25) is 0 Å². The van der Waals surface area contributed by atoms with Gasteiger partial charge in [-0.15, -0.1) is 0 Å². The minimum atomic E-state index is -0.153. The third-order valence-corrected chi connectivity index (χ3v) is 3.11. The summed E-state index contributed by atoms with van der Waals surface area (Å²) < 4.78 is 11.0. The van der Waals surface area contributed by atoms with Crippen molar-refractivity contribution in [1.29, 1.82) is 0 Å². The number of halogens is 2. The van der Waals surface area contributed by atoms with E-state index >= 15 is 0 Å². The number of hydrogen-bond acceptors (Lipinski definition) is 3. The molecule has 0 spiro atoms. The van der Waals surface area contributed by atoms with Crippen molar-refractivity contribution in [1.82, 2.24) is 5.32 Å². The molecule has 4 nitrogen and oxygen atoms in total. The third kappa shape index (κ3) is 3.59. The van der Waals surface area contributed by atoms with Gasteiger partial charge in [0.25, 0.3) is 5.91 Å². The van der Waals surface area contributed by atoms with E-state index in [0.717, 1.165) is 4.47 Å². The molecule has 1 aromatic rings. The molecule has 1 aromatic carbocycles. The summed E-state index contributed by atoms with van der Waals surface area (Å²) in [5.74, 6) is 0.439. The Morgan fingerprint density at radius 1 is 1.59 bits per heavy atom. The van der Waals surface area contributed by atoms with Crippen molar-refractivity contribution in [2.75, 3.05) is 19.8 Å². The average molecular weight is 321 g/mol. The monoisotopic (exact) mass is 319 g/mol. The van der Waals surface area contributed by atoms with E-state index in [-0.39, 0.29) is 18.6 Å². The van der Waals surface area contributed by atoms with Gasteiger partial charge in [0.1, 0.15) is 5.75 Å². The van der Waals surface area contributed by atoms with Crippen LogP contribution in [-0.4, -0.2) is 31.8 Å². The number of benzene rings is 1. The van der Waals surface area contributed by atoms with Gasteiger partial charge >= 0.3 is 0 Å². The summed E-state index contributed by atoms with van der Waals surface area (Å²) in [6.45, 7) is 1.14. The lowest BCUT2D eigenvalue weighted by Crippen LogP contribution is -2.49. The Morgan fingerprint density at radius 2 is 2.35 bits per heavy atom. The van der Waals surface area contributed by atoms with Gasteiger partial charge in [-0.3, -0.25) is 4.79 Å². The van der Waals surface area contributed by atoms with E-state index in [4.69, 9.17) is 21.1 Å². The Bertz CT molecular complexity index is 423. The van der Waals surface area contributed by atoms with E-state index in [0.29, 0.717) is 24.0 Å². The molecule has 1 heterocycles. The van der Waals surface area contributed by atoms with E-state index in [9.17, 15) is 4.79 Å². The van der Waals surface area contributed by atoms with Crippen molar-refractivity contribution in [3.63, 3.8) is 0 Å². The number of rotatable bonds is 4. The number of nitrogens with one attached hydrogen (secondary N) is 1. The highest BCUT2D eigenvalue weighted by Gasteiger charge is 2.20. The Kier molecular flexibility index (Phi) is 4.25. The molecule has 1 fully saturated rings. The first-order chi connectivity index (χ1) is 8.15. The maximum Gasteiger partial charge on any atom is 0.258 e. The van der Waals surface area contributed by atoms with Crippen LogP contribution < -0.4 is 10.1 Å². The second-order valence-corrected chi connectivity index (χ2v) is 4.96. The summed E-state index contributed by atoms with van der Waals surface area (Å²) in [7, 11) is 0. The zero-order valence-corrected chi connectivity index (χ0v) is 11.3. The van der Waals surface area contributed by atoms with Crippen LogP contribution in [0.1, 0.15) is 0 Å². The van der Waals surface area contributed by atoms with E-state index in [2.05, 4.69) is 21.2 Å². The van der Waals surface area contributed by atoms with Crippen LogP contribution in [0.5, 0.6) is 5.75 Å². The quantitative estimate of drug-likeness (QED) is 0.923. The SMILES string of the molecule is O=C(COc1ccc(Cl)cc1Br)NC1COC1. The van der Waals surface area contributed by atoms with Crippen molar-refractivity contribution >= 4 is 33.4 Å². The zero-order chi connectivity index (χ0) is 12.3. The molecule has 0 bridgehead atoms. The summed E-state index contributed by atoms with van der Waals surface area (Å²) in [5, 5.41) is 3.40. The fourth-order valence-corrected chi connectivity index (χ4v) is 2.12. The third-order valence-electron chi connectivity index (χ3n) is 2.26. The van der Waals surface area contributed by atoms with Crippen LogP contribution in [0.2, 0.25) is 5.02 Å². The molecule has 1 saturated heterocycles. The highest BCUT2D eigenvalue weighted by Crippen LogP contribution is 2.27. The second-order valence-electron chi connectivity index (χ2n) is 3.67. The molecular weight excluding hydrogens is 309 g/mol. The van der Waals surface area contributed by atoms with Crippen molar-refractivity contribution in [3.8, 4) is 5.75 Å². The summed E-state index contributed by atoms with van der Waals surface area (Å²) in [5.41, 5.74) is 0. The lowest BCUT2D eigenvalue weighted by Gasteiger charge is -2.26. The van der Waals surface area contributed by atoms with Gasteiger partial charge in [0.15, 0.2) is 6.61 Å². The molecule has 17 heavy (non-hydrogen) atoms. The van der Waals surface area contributed by atoms with Crippen LogP contribution in [-0.2, 0) is 9.53 Å². The van der Waals surface area contributed by atoms with Crippen molar-refractivity contribution in [2.45, 2.75) is 6.04 Å². The van der Waals surface area contributed by atoms with Gasteiger partial charge < -0.3 is 14.8 Å². The molecule has 0 radical (unpaired) electrons. The fourth-order valence-electron chi connectivity index (χ4n) is 1.32. The molecule has 0 aromatic heterocycles. The van der Waals surface area contributed by atoms with Crippen LogP contribution in [0.4, 0.5) is 0 Å². The van der Waals surface area contributed by atoms with Crippen LogP contribution in [0.25, 0.3) is 0 Å². The standard InChI is InChI=1S/C11H11BrClNO3/c12-9-3-7(13)1-2-10(9)17-6-11(15)14-8-4-16-5-8/h1-3,8H,4-6H2,(H,14,15). The Morgan fingerprint density at radius 3 is 2.94 bits per heavy atom. The van der Waals surface area contributed by atoms with Crippen molar-refractivity contribution < 1.29 is 14.3 Å². The number of amides is 1. The number of carbonyl (C=O) groups is 1. The molecule has 0 unspecified atom stereocenters. The largest absolute Gasteiger partial charge is 0.483 e. The van der Waals surface area contributed by atoms with Gasteiger partial charge in [-0.2, -0.15) is 0 Å². The normalized spacial score (nSPS) is 15.2. The highest BCUT2D eigenvalue weighted by atomic mass is 79.9. The summed E-state index contributed by atoms with van der Waals surface area (Å²) in [4.78, 5) is 11.5. The van der Waals surface area contributed by atoms with Crippen LogP contribution in [0.3, 0.4) is 0 Å². The predicted molar refractivity (Wildman–Crippen MR) is 67.4 cm³/mol. The highest BCUT2D eigenvalue weighted by molar-refractivity contribution is 9.10. The number of ether oxygens (including phenoxy) is 2. The van der Waals surface area contributed by atoms with Gasteiger partial charge in [-0.25, -0.2) is 0 Å². The van der Waals surface area contributed by atoms with Crippen molar-refractivity contribution in [3.05, 3.63) is 27.7 Å². The minimum absolute atomic E-state index is 0.0171. The van der Waals surface area contributed by atoms with E-state index < -0.39 is 0 Å². The van der Waals surface area contributed by atoms with E-state index in [1.54, 1.807) is 18.2 Å². The molecular formula is C11H11BrClNO3. The van der Waals surface area contributed by atoms with Crippen LogP contribution >= 0.6 is 27.5 Å². The maximum absolute atomic E-state index is 11.5. The molecule has 2 rings (SSSR count). The molecule has 1 aliphatic rings. The molecule has 1 N–H and O–H groups in total. The van der Waals surface area contributed by atoms with Crippen LogP contribution in [0.15, 0.2) is 22.7 Å². The van der Waals surface area contributed by atoms with Gasteiger partial charge in [-0.05, 0) is 34.1 Å². The first kappa shape index (κ1) is 12.7. The molecule has 0 atom stereocenters. The first-order valence-electron chi connectivity index (χ1n) is 5.10. The first-order valence-corrected chi connectivity index (χ1v) is 6.27. The van der Waals surface area contributed by atoms with Gasteiger partial charge in [0, 0.05) is 5.02 Å². The Hall–Kier alpha value is -0.780. The molecule has 92 valence electrons. The van der Waals surface area contributed by atoms with Gasteiger partial charge in [0.05, 0.1) is 23.7 Å². The van der Waals surface area contributed by atoms with E-state index in [1.807, 2.05) is 0 Å². The van der Waals surface area contributed by atoms with Gasteiger partial charge in [-0.1, -0.05) is 11.6 Å². The topological polar surface area (TPSA) is 47.6 Å². The second kappa shape index (κ2) is 5.71. The zero-order valence-electron chi connectivity index (χ0n) is 8.91. The van der Waals surface area contributed by atoms with E-state index in [1.165, 1.54) is 0 Å². The number of hydrogen-bond donors (Lipinski definition) is 1. The van der Waals surface area contributed by atoms with Crippen molar-refractivity contribution in [2.24, 2.45) is 0 Å². The molecule has 0 saturated carbocycles. The smallest absolute Gasteiger partial charge is 0.258 e. The Balaban J connectivity index is 1.82. The predicted octanol–water partition coefficient (Wildman–Crippen LogP) is 2.00. The lowest BCUT2D eigenvalue weighted by molar-refractivity contribution is -0.127. The summed E-state index contributed by atoms with van der Waals surface area (Å²) >= 11 is 9.11. The van der Waals surface area contributed by atoms with Crippen LogP contribution in [0, 0.1) is 0 Å².